The molecule has 3 heterocycles. The van der Waals surface area contributed by atoms with Gasteiger partial charge in [0.25, 0.3) is 0 Å². The highest BCUT2D eigenvalue weighted by Gasteiger charge is 2.26. The Bertz CT molecular complexity index is 1070. The van der Waals surface area contributed by atoms with E-state index >= 15 is 0 Å². The van der Waals surface area contributed by atoms with Crippen LogP contribution in [0.5, 0.6) is 5.75 Å². The van der Waals surface area contributed by atoms with Crippen LogP contribution in [-0.4, -0.2) is 46.5 Å². The second-order valence-corrected chi connectivity index (χ2v) is 8.86. The molecule has 1 fully saturated rings. The number of carbonyl (C=O) groups is 2. The Morgan fingerprint density at radius 3 is 2.62 bits per heavy atom. The van der Waals surface area contributed by atoms with Crippen LogP contribution in [0.2, 0.25) is 0 Å². The first-order valence-corrected chi connectivity index (χ1v) is 11.6. The maximum absolute atomic E-state index is 12.8. The monoisotopic (exact) mass is 453 g/mol. The molecule has 1 amide bonds. The normalized spacial score (nSPS) is 14.4. The van der Waals surface area contributed by atoms with Crippen molar-refractivity contribution in [3.05, 3.63) is 69.9 Å². The van der Waals surface area contributed by atoms with Crippen LogP contribution >= 0.6 is 11.3 Å². The van der Waals surface area contributed by atoms with Gasteiger partial charge in [0.2, 0.25) is 5.91 Å². The first-order valence-electron chi connectivity index (χ1n) is 10.7. The zero-order valence-corrected chi connectivity index (χ0v) is 19.1. The first kappa shape index (κ1) is 22.1. The predicted octanol–water partition coefficient (Wildman–Crippen LogP) is 4.02. The van der Waals surface area contributed by atoms with E-state index in [0.717, 1.165) is 29.3 Å². The van der Waals surface area contributed by atoms with E-state index in [1.54, 1.807) is 6.07 Å². The number of piperidine rings is 1. The Hall–Kier alpha value is -3.13. The zero-order valence-electron chi connectivity index (χ0n) is 18.3. The lowest BCUT2D eigenvalue weighted by Gasteiger charge is -2.33. The summed E-state index contributed by atoms with van der Waals surface area (Å²) in [5.74, 6) is 0.559. The lowest BCUT2D eigenvalue weighted by atomic mass is 10.0. The summed E-state index contributed by atoms with van der Waals surface area (Å²) in [5.41, 5.74) is 2.52. The molecule has 0 aliphatic carbocycles. The van der Waals surface area contributed by atoms with Crippen molar-refractivity contribution in [3.8, 4) is 5.75 Å². The molecule has 168 valence electrons. The number of carbonyl (C=O) groups excluding carboxylic acids is 2. The van der Waals surface area contributed by atoms with Gasteiger partial charge in [-0.25, -0.2) is 9.78 Å². The molecule has 1 aliphatic rings. The molecule has 4 rings (SSSR count). The summed E-state index contributed by atoms with van der Waals surface area (Å²) >= 11 is 1.51. The number of methoxy groups -OCH3 is 1. The van der Waals surface area contributed by atoms with Crippen molar-refractivity contribution < 1.29 is 19.1 Å². The number of amides is 1. The van der Waals surface area contributed by atoms with Crippen molar-refractivity contribution in [2.24, 2.45) is 0 Å². The highest BCUT2D eigenvalue weighted by molar-refractivity contribution is 7.09. The van der Waals surface area contributed by atoms with Crippen LogP contribution < -0.4 is 4.74 Å². The van der Waals surface area contributed by atoms with Crippen LogP contribution in [0.3, 0.4) is 0 Å². The summed E-state index contributed by atoms with van der Waals surface area (Å²) < 4.78 is 12.6. The molecule has 0 bridgehead atoms. The minimum absolute atomic E-state index is 0.0838. The highest BCUT2D eigenvalue weighted by atomic mass is 32.1. The molecule has 8 heteroatoms. The summed E-state index contributed by atoms with van der Waals surface area (Å²) in [4.78, 5) is 31.2. The number of nitrogens with zero attached hydrogens (tertiary/aromatic N) is 3. The Morgan fingerprint density at radius 2 is 1.91 bits per heavy atom. The summed E-state index contributed by atoms with van der Waals surface area (Å²) in [5, 5.41) is 2.79. The smallest absolute Gasteiger partial charge is 0.354 e. The number of rotatable bonds is 7. The minimum Gasteiger partial charge on any atom is -0.486 e. The van der Waals surface area contributed by atoms with Gasteiger partial charge in [0.05, 0.1) is 19.2 Å². The quantitative estimate of drug-likeness (QED) is 0.505. The average Bonchev–Trinajstić information content (AvgIpc) is 3.48. The molecule has 2 aromatic heterocycles. The van der Waals surface area contributed by atoms with E-state index in [9.17, 15) is 9.59 Å². The maximum Gasteiger partial charge on any atom is 0.354 e. The number of esters is 1. The number of ether oxygens (including phenoxy) is 2. The van der Waals surface area contributed by atoms with Crippen molar-refractivity contribution in [1.82, 2.24) is 14.5 Å². The molecule has 1 saturated heterocycles. The predicted molar refractivity (Wildman–Crippen MR) is 122 cm³/mol. The number of aromatic nitrogens is 2. The molecule has 0 saturated carbocycles. The van der Waals surface area contributed by atoms with Gasteiger partial charge >= 0.3 is 5.97 Å². The number of likely N-dealkylation sites (tertiary alicyclic amines) is 1. The van der Waals surface area contributed by atoms with Crippen molar-refractivity contribution in [2.75, 3.05) is 20.2 Å². The minimum atomic E-state index is -0.334. The molecule has 0 atom stereocenters. The van der Waals surface area contributed by atoms with Gasteiger partial charge in [-0.05, 0) is 44.0 Å². The van der Waals surface area contributed by atoms with E-state index in [2.05, 4.69) is 4.98 Å². The molecule has 3 aromatic rings. The molecule has 0 spiro atoms. The second-order valence-electron chi connectivity index (χ2n) is 7.92. The molecular formula is C24H27N3O4S. The number of thiazole rings is 1. The lowest BCUT2D eigenvalue weighted by Crippen LogP contribution is -2.40. The van der Waals surface area contributed by atoms with Gasteiger partial charge in [-0.3, -0.25) is 4.79 Å². The number of aryl methyl sites for hydroxylation is 1. The van der Waals surface area contributed by atoms with E-state index < -0.39 is 0 Å². The fraction of sp³-hybridized carbons (Fsp3) is 0.375. The van der Waals surface area contributed by atoms with Gasteiger partial charge in [-0.15, -0.1) is 11.3 Å². The van der Waals surface area contributed by atoms with E-state index in [4.69, 9.17) is 9.47 Å². The maximum atomic E-state index is 12.8. The van der Waals surface area contributed by atoms with Crippen LogP contribution in [-0.2, 0) is 22.6 Å². The van der Waals surface area contributed by atoms with Gasteiger partial charge < -0.3 is 18.9 Å². The van der Waals surface area contributed by atoms with Crippen molar-refractivity contribution >= 4 is 23.2 Å². The van der Waals surface area contributed by atoms with Crippen molar-refractivity contribution in [3.63, 3.8) is 0 Å². The summed E-state index contributed by atoms with van der Waals surface area (Å²) in [6.45, 7) is 3.76. The Morgan fingerprint density at radius 1 is 1.16 bits per heavy atom. The van der Waals surface area contributed by atoms with Crippen LogP contribution in [0.15, 0.2) is 48.0 Å². The fourth-order valence-electron chi connectivity index (χ4n) is 3.93. The Labute approximate surface area is 191 Å². The SMILES string of the molecule is COC(=O)c1cccn1C1CCN(C(=O)Cc2csc(COc3ccc(C)cc3)n2)CC1. The molecule has 0 radical (unpaired) electrons. The van der Waals surface area contributed by atoms with Gasteiger partial charge in [-0.2, -0.15) is 0 Å². The lowest BCUT2D eigenvalue weighted by molar-refractivity contribution is -0.131. The first-order chi connectivity index (χ1) is 15.5. The number of hydrogen-bond acceptors (Lipinski definition) is 6. The Kier molecular flexibility index (Phi) is 6.90. The molecule has 0 N–H and O–H groups in total. The van der Waals surface area contributed by atoms with E-state index in [-0.39, 0.29) is 17.9 Å². The van der Waals surface area contributed by atoms with E-state index in [0.29, 0.717) is 31.8 Å². The highest BCUT2D eigenvalue weighted by Crippen LogP contribution is 2.25. The summed E-state index contributed by atoms with van der Waals surface area (Å²) in [6, 6.07) is 11.7. The fourth-order valence-corrected chi connectivity index (χ4v) is 4.63. The summed E-state index contributed by atoms with van der Waals surface area (Å²) in [7, 11) is 1.39. The molecule has 0 unspecified atom stereocenters. The van der Waals surface area contributed by atoms with Gasteiger partial charge in [0.15, 0.2) is 0 Å². The van der Waals surface area contributed by atoms with Crippen molar-refractivity contribution in [2.45, 2.75) is 38.8 Å². The molecular weight excluding hydrogens is 426 g/mol. The standard InChI is InChI=1S/C24H27N3O4S/c1-17-5-7-20(8-6-17)31-15-22-25-18(16-32-22)14-23(28)26-12-9-19(10-13-26)27-11-3-4-21(27)24(29)30-2/h3-8,11,16,19H,9-10,12-15H2,1-2H3. The summed E-state index contributed by atoms with van der Waals surface area (Å²) in [6.07, 6.45) is 3.81. The average molecular weight is 454 g/mol. The Balaban J connectivity index is 1.27. The number of hydrogen-bond donors (Lipinski definition) is 0. The van der Waals surface area contributed by atoms with Gasteiger partial charge in [0.1, 0.15) is 23.1 Å². The zero-order chi connectivity index (χ0) is 22.5. The third kappa shape index (κ3) is 5.19. The van der Waals surface area contributed by atoms with Crippen LogP contribution in [0.1, 0.15) is 45.6 Å². The van der Waals surface area contributed by atoms with E-state index in [1.165, 1.54) is 24.0 Å². The van der Waals surface area contributed by atoms with Crippen molar-refractivity contribution in [1.29, 1.82) is 0 Å². The molecule has 1 aliphatic heterocycles. The second kappa shape index (κ2) is 9.99. The van der Waals surface area contributed by atoms with Crippen LogP contribution in [0.4, 0.5) is 0 Å². The molecule has 32 heavy (non-hydrogen) atoms. The van der Waals surface area contributed by atoms with E-state index in [1.807, 2.05) is 58.3 Å². The third-order valence-corrected chi connectivity index (χ3v) is 6.57. The third-order valence-electron chi connectivity index (χ3n) is 5.70. The topological polar surface area (TPSA) is 73.7 Å². The molecule has 7 nitrogen and oxygen atoms in total. The van der Waals surface area contributed by atoms with Crippen LogP contribution in [0, 0.1) is 6.92 Å². The van der Waals surface area contributed by atoms with Crippen LogP contribution in [0.25, 0.3) is 0 Å². The largest absolute Gasteiger partial charge is 0.486 e. The van der Waals surface area contributed by atoms with Gasteiger partial charge in [0, 0.05) is 30.7 Å². The number of benzene rings is 1. The van der Waals surface area contributed by atoms with Gasteiger partial charge in [-0.1, -0.05) is 17.7 Å². The molecule has 1 aromatic carbocycles.